The van der Waals surface area contributed by atoms with Crippen LogP contribution in [0.25, 0.3) is 0 Å². The number of nitrogens with one attached hydrogen (secondary N) is 1. The van der Waals surface area contributed by atoms with Crippen LogP contribution in [0, 0.1) is 0 Å². The van der Waals surface area contributed by atoms with Gasteiger partial charge in [0.05, 0.1) is 24.6 Å². The van der Waals surface area contributed by atoms with E-state index in [0.717, 1.165) is 12.8 Å². The maximum Gasteiger partial charge on any atom is 0.237 e. The molecule has 25 heavy (non-hydrogen) atoms. The minimum atomic E-state index is -3.04. The van der Waals surface area contributed by atoms with Gasteiger partial charge >= 0.3 is 0 Å². The third-order valence-electron chi connectivity index (χ3n) is 4.06. The summed E-state index contributed by atoms with van der Waals surface area (Å²) in [6.07, 6.45) is 2.29. The van der Waals surface area contributed by atoms with Crippen LogP contribution in [0.3, 0.4) is 0 Å². The largest absolute Gasteiger partial charge is 0.350 e. The second kappa shape index (κ2) is 8.98. The van der Waals surface area contributed by atoms with E-state index in [4.69, 9.17) is 0 Å². The molecule has 1 aliphatic rings. The molecule has 1 heterocycles. The molecule has 0 spiro atoms. The molecule has 1 atom stereocenters. The molecule has 7 nitrogen and oxygen atoms in total. The van der Waals surface area contributed by atoms with Gasteiger partial charge in [-0.1, -0.05) is 13.3 Å². The number of nitrogens with zero attached hydrogens (tertiary/aromatic N) is 2. The first kappa shape index (κ1) is 21.9. The highest BCUT2D eigenvalue weighted by Gasteiger charge is 2.34. The Morgan fingerprint density at radius 2 is 1.84 bits per heavy atom. The molecule has 1 N–H and O–H groups in total. The summed E-state index contributed by atoms with van der Waals surface area (Å²) >= 11 is 0. The summed E-state index contributed by atoms with van der Waals surface area (Å²) in [7, 11) is -1.31. The quantitative estimate of drug-likeness (QED) is 0.673. The van der Waals surface area contributed by atoms with E-state index < -0.39 is 9.84 Å². The molecule has 8 heteroatoms. The molecule has 0 unspecified atom stereocenters. The summed E-state index contributed by atoms with van der Waals surface area (Å²) in [6.45, 7) is 8.56. The van der Waals surface area contributed by atoms with Crippen molar-refractivity contribution < 1.29 is 18.0 Å². The Labute approximate surface area is 152 Å². The van der Waals surface area contributed by atoms with Crippen LogP contribution in [0.15, 0.2) is 0 Å². The smallest absolute Gasteiger partial charge is 0.237 e. The second-order valence-corrected chi connectivity index (χ2v) is 10.2. The molecule has 0 bridgehead atoms. The van der Waals surface area contributed by atoms with E-state index in [1.54, 1.807) is 16.8 Å². The fraction of sp³-hybridized carbons (Fsp3) is 0.882. The average molecular weight is 376 g/mol. The molecule has 0 saturated carbocycles. The molecule has 0 aliphatic carbocycles. The predicted octanol–water partition coefficient (Wildman–Crippen LogP) is 0.649. The van der Waals surface area contributed by atoms with Crippen molar-refractivity contribution in [2.24, 2.45) is 0 Å². The van der Waals surface area contributed by atoms with Crippen LogP contribution in [0.1, 0.15) is 47.0 Å². The fourth-order valence-corrected chi connectivity index (χ4v) is 4.67. The molecule has 0 aromatic carbocycles. The third-order valence-corrected chi connectivity index (χ3v) is 5.81. The van der Waals surface area contributed by atoms with Crippen LogP contribution < -0.4 is 5.32 Å². The van der Waals surface area contributed by atoms with E-state index in [1.165, 1.54) is 0 Å². The highest BCUT2D eigenvalue weighted by molar-refractivity contribution is 7.91. The van der Waals surface area contributed by atoms with Gasteiger partial charge in [0, 0.05) is 18.1 Å². The molecular formula is C17H33N3O4S. The monoisotopic (exact) mass is 375 g/mol. The predicted molar refractivity (Wildman–Crippen MR) is 99.1 cm³/mol. The van der Waals surface area contributed by atoms with Gasteiger partial charge in [-0.25, -0.2) is 8.42 Å². The lowest BCUT2D eigenvalue weighted by Crippen LogP contribution is -2.49. The first-order valence-electron chi connectivity index (χ1n) is 8.93. The van der Waals surface area contributed by atoms with Gasteiger partial charge in [-0.15, -0.1) is 0 Å². The van der Waals surface area contributed by atoms with E-state index in [1.807, 2.05) is 27.7 Å². The van der Waals surface area contributed by atoms with Gasteiger partial charge in [0.15, 0.2) is 9.84 Å². The number of likely N-dealkylation sites (N-methyl/N-ethyl adjacent to an activating group) is 1. The van der Waals surface area contributed by atoms with Crippen molar-refractivity contribution in [1.29, 1.82) is 0 Å². The van der Waals surface area contributed by atoms with Gasteiger partial charge in [0.25, 0.3) is 0 Å². The molecule has 146 valence electrons. The summed E-state index contributed by atoms with van der Waals surface area (Å²) in [5, 5.41) is 2.87. The third kappa shape index (κ3) is 8.18. The van der Waals surface area contributed by atoms with Gasteiger partial charge in [0.2, 0.25) is 11.8 Å². The van der Waals surface area contributed by atoms with Crippen LogP contribution in [0.4, 0.5) is 0 Å². The standard InChI is InChI=1S/C17H33N3O4S/c1-6-7-9-20(14-8-10-25(23,24)13-14)16(22)12-19(5)11-15(21)18-17(2,3)4/h14H,6-13H2,1-5H3,(H,18,21)/t14-/m0/s1. The van der Waals surface area contributed by atoms with Crippen molar-refractivity contribution >= 4 is 21.7 Å². The van der Waals surface area contributed by atoms with Crippen LogP contribution in [0.2, 0.25) is 0 Å². The molecule has 0 aromatic rings. The highest BCUT2D eigenvalue weighted by Crippen LogP contribution is 2.18. The SMILES string of the molecule is CCCCN(C(=O)CN(C)CC(=O)NC(C)(C)C)[C@H]1CCS(=O)(=O)C1. The molecule has 2 amide bonds. The summed E-state index contributed by atoms with van der Waals surface area (Å²) in [4.78, 5) is 28.0. The Morgan fingerprint density at radius 3 is 2.32 bits per heavy atom. The number of unbranched alkanes of at least 4 members (excludes halogenated alkanes) is 1. The van der Waals surface area contributed by atoms with Crippen LogP contribution in [-0.2, 0) is 19.4 Å². The summed E-state index contributed by atoms with van der Waals surface area (Å²) in [5.41, 5.74) is -0.312. The van der Waals surface area contributed by atoms with Gasteiger partial charge < -0.3 is 10.2 Å². The molecule has 0 radical (unpaired) electrons. The number of sulfone groups is 1. The maximum absolute atomic E-state index is 12.7. The fourth-order valence-electron chi connectivity index (χ4n) is 2.94. The minimum Gasteiger partial charge on any atom is -0.350 e. The van der Waals surface area contributed by atoms with Gasteiger partial charge in [-0.2, -0.15) is 0 Å². The number of amides is 2. The lowest BCUT2D eigenvalue weighted by Gasteiger charge is -2.30. The van der Waals surface area contributed by atoms with E-state index >= 15 is 0 Å². The van der Waals surface area contributed by atoms with Crippen LogP contribution >= 0.6 is 0 Å². The van der Waals surface area contributed by atoms with Crippen molar-refractivity contribution in [3.05, 3.63) is 0 Å². The number of hydrogen-bond acceptors (Lipinski definition) is 5. The van der Waals surface area contributed by atoms with Crippen molar-refractivity contribution in [2.75, 3.05) is 38.2 Å². The summed E-state index contributed by atoms with van der Waals surface area (Å²) in [5.74, 6) is -0.0402. The first-order chi connectivity index (χ1) is 11.4. The Bertz CT molecular complexity index is 569. The average Bonchev–Trinajstić information content (AvgIpc) is 2.76. The number of rotatable bonds is 8. The normalized spacial score (nSPS) is 19.8. The summed E-state index contributed by atoms with van der Waals surface area (Å²) in [6, 6.07) is -0.235. The number of hydrogen-bond donors (Lipinski definition) is 1. The molecular weight excluding hydrogens is 342 g/mol. The van der Waals surface area contributed by atoms with E-state index in [2.05, 4.69) is 5.32 Å². The van der Waals surface area contributed by atoms with Crippen molar-refractivity contribution in [1.82, 2.24) is 15.1 Å². The van der Waals surface area contributed by atoms with Crippen molar-refractivity contribution in [2.45, 2.75) is 58.5 Å². The molecule has 1 saturated heterocycles. The van der Waals surface area contributed by atoms with E-state index in [9.17, 15) is 18.0 Å². The Hall–Kier alpha value is -1.15. The zero-order valence-electron chi connectivity index (χ0n) is 16.2. The summed E-state index contributed by atoms with van der Waals surface area (Å²) < 4.78 is 23.5. The van der Waals surface area contributed by atoms with Crippen molar-refractivity contribution in [3.8, 4) is 0 Å². The second-order valence-electron chi connectivity index (χ2n) is 7.97. The zero-order chi connectivity index (χ0) is 19.3. The topological polar surface area (TPSA) is 86.8 Å². The zero-order valence-corrected chi connectivity index (χ0v) is 17.0. The van der Waals surface area contributed by atoms with Crippen LogP contribution in [0.5, 0.6) is 0 Å². The lowest BCUT2D eigenvalue weighted by atomic mass is 10.1. The first-order valence-corrected chi connectivity index (χ1v) is 10.7. The van der Waals surface area contributed by atoms with Crippen molar-refractivity contribution in [3.63, 3.8) is 0 Å². The Kier molecular flexibility index (Phi) is 7.87. The van der Waals surface area contributed by atoms with E-state index in [-0.39, 0.29) is 48.0 Å². The van der Waals surface area contributed by atoms with Crippen LogP contribution in [-0.4, -0.2) is 79.8 Å². The molecule has 1 aliphatic heterocycles. The highest BCUT2D eigenvalue weighted by atomic mass is 32.2. The minimum absolute atomic E-state index is 0.0523. The molecule has 1 fully saturated rings. The molecule has 1 rings (SSSR count). The Balaban J connectivity index is 2.63. The molecule has 0 aromatic heterocycles. The number of carbonyl (C=O) groups is 2. The number of carbonyl (C=O) groups excluding carboxylic acids is 2. The van der Waals surface area contributed by atoms with Gasteiger partial charge in [-0.3, -0.25) is 14.5 Å². The van der Waals surface area contributed by atoms with Gasteiger partial charge in [0.1, 0.15) is 0 Å². The maximum atomic E-state index is 12.7. The Morgan fingerprint density at radius 1 is 1.20 bits per heavy atom. The van der Waals surface area contributed by atoms with E-state index in [0.29, 0.717) is 13.0 Å². The lowest BCUT2D eigenvalue weighted by molar-refractivity contribution is -0.134. The van der Waals surface area contributed by atoms with Gasteiger partial charge in [-0.05, 0) is 40.7 Å².